The van der Waals surface area contributed by atoms with Gasteiger partial charge in [-0.2, -0.15) is 0 Å². The second-order valence-electron chi connectivity index (χ2n) is 6.18. The van der Waals surface area contributed by atoms with Gasteiger partial charge in [0, 0.05) is 18.7 Å². The van der Waals surface area contributed by atoms with E-state index in [2.05, 4.69) is 4.98 Å². The van der Waals surface area contributed by atoms with Gasteiger partial charge in [-0.15, -0.1) is 11.3 Å². The fourth-order valence-electron chi connectivity index (χ4n) is 2.94. The van der Waals surface area contributed by atoms with Gasteiger partial charge in [0.05, 0.1) is 11.4 Å². The number of primary sulfonamides is 1. The lowest BCUT2D eigenvalue weighted by molar-refractivity contribution is 0.0792. The van der Waals surface area contributed by atoms with Crippen LogP contribution in [0.4, 0.5) is 4.39 Å². The molecule has 25 heavy (non-hydrogen) atoms. The number of benzene rings is 1. The molecule has 134 valence electrons. The van der Waals surface area contributed by atoms with Crippen LogP contribution in [0.3, 0.4) is 0 Å². The smallest absolute Gasteiger partial charge is 0.265 e. The second kappa shape index (κ2) is 6.81. The Balaban J connectivity index is 1.76. The monoisotopic (exact) mass is 383 g/mol. The lowest BCUT2D eigenvalue weighted by atomic mass is 10.2. The first kappa shape index (κ1) is 18.0. The molecule has 6 nitrogen and oxygen atoms in total. The van der Waals surface area contributed by atoms with Crippen molar-refractivity contribution in [2.75, 3.05) is 18.8 Å². The van der Waals surface area contributed by atoms with Crippen molar-refractivity contribution in [1.82, 2.24) is 9.88 Å². The van der Waals surface area contributed by atoms with Gasteiger partial charge in [-0.1, -0.05) is 0 Å². The zero-order valence-corrected chi connectivity index (χ0v) is 15.2. The molecule has 1 saturated heterocycles. The number of aryl methyl sites for hydroxylation is 1. The Bertz CT molecular complexity index is 894. The quantitative estimate of drug-likeness (QED) is 0.874. The normalized spacial score (nSPS) is 17.9. The van der Waals surface area contributed by atoms with Gasteiger partial charge in [0.1, 0.15) is 15.7 Å². The Hall–Kier alpha value is -1.84. The van der Waals surface area contributed by atoms with Crippen molar-refractivity contribution < 1.29 is 17.6 Å². The predicted molar refractivity (Wildman–Crippen MR) is 94.2 cm³/mol. The molecule has 2 N–H and O–H groups in total. The fraction of sp³-hybridized carbons (Fsp3) is 0.375. The minimum atomic E-state index is -3.54. The highest BCUT2D eigenvalue weighted by Gasteiger charge is 2.31. The fourth-order valence-corrected chi connectivity index (χ4v) is 4.90. The van der Waals surface area contributed by atoms with Crippen LogP contribution in [0.1, 0.15) is 21.8 Å². The standard InChI is InChI=1S/C16H18FN3O3S2/c1-10-14(24-15(19-10)12-2-4-13(17)5-3-12)16(21)20-7-6-11(8-20)9-25(18,22)23/h2-5,11H,6-9H2,1H3,(H2,18,22,23). The highest BCUT2D eigenvalue weighted by Crippen LogP contribution is 2.30. The molecule has 1 fully saturated rings. The first-order chi connectivity index (χ1) is 11.7. The van der Waals surface area contributed by atoms with E-state index in [4.69, 9.17) is 5.14 Å². The number of carbonyl (C=O) groups excluding carboxylic acids is 1. The maximum absolute atomic E-state index is 13.0. The summed E-state index contributed by atoms with van der Waals surface area (Å²) in [6.07, 6.45) is 0.616. The summed E-state index contributed by atoms with van der Waals surface area (Å²) in [5.74, 6) is -0.727. The van der Waals surface area contributed by atoms with Crippen LogP contribution in [0.15, 0.2) is 24.3 Å². The number of nitrogens with two attached hydrogens (primary N) is 1. The number of thiazole rings is 1. The van der Waals surface area contributed by atoms with E-state index >= 15 is 0 Å². The predicted octanol–water partition coefficient (Wildman–Crippen LogP) is 2.01. The molecule has 2 aromatic rings. The third kappa shape index (κ3) is 4.23. The molecule has 0 radical (unpaired) electrons. The van der Waals surface area contributed by atoms with Gasteiger partial charge in [0.25, 0.3) is 5.91 Å². The lowest BCUT2D eigenvalue weighted by Crippen LogP contribution is -2.30. The molecular weight excluding hydrogens is 365 g/mol. The van der Waals surface area contributed by atoms with Gasteiger partial charge in [0.15, 0.2) is 0 Å². The summed E-state index contributed by atoms with van der Waals surface area (Å²) in [4.78, 5) is 19.3. The van der Waals surface area contributed by atoms with E-state index in [1.807, 2.05) is 0 Å². The Morgan fingerprint density at radius 1 is 1.40 bits per heavy atom. The van der Waals surface area contributed by atoms with E-state index in [0.717, 1.165) is 5.56 Å². The van der Waals surface area contributed by atoms with E-state index in [9.17, 15) is 17.6 Å². The van der Waals surface area contributed by atoms with Crippen molar-refractivity contribution in [3.63, 3.8) is 0 Å². The number of amides is 1. The zero-order chi connectivity index (χ0) is 18.2. The maximum Gasteiger partial charge on any atom is 0.265 e. The third-order valence-electron chi connectivity index (χ3n) is 4.12. The molecule has 1 aliphatic heterocycles. The highest BCUT2D eigenvalue weighted by molar-refractivity contribution is 7.89. The molecular formula is C16H18FN3O3S2. The topological polar surface area (TPSA) is 93.4 Å². The molecule has 0 spiro atoms. The number of carbonyl (C=O) groups is 1. The summed E-state index contributed by atoms with van der Waals surface area (Å²) >= 11 is 1.26. The van der Waals surface area contributed by atoms with Crippen molar-refractivity contribution in [1.29, 1.82) is 0 Å². The van der Waals surface area contributed by atoms with Crippen LogP contribution in [0, 0.1) is 18.7 Å². The average molecular weight is 383 g/mol. The summed E-state index contributed by atoms with van der Waals surface area (Å²) in [7, 11) is -3.54. The number of rotatable bonds is 4. The Morgan fingerprint density at radius 2 is 2.08 bits per heavy atom. The molecule has 0 saturated carbocycles. The molecule has 3 rings (SSSR count). The zero-order valence-electron chi connectivity index (χ0n) is 13.6. The number of hydrogen-bond acceptors (Lipinski definition) is 5. The molecule has 0 aliphatic carbocycles. The van der Waals surface area contributed by atoms with E-state index in [1.165, 1.54) is 23.5 Å². The summed E-state index contributed by atoms with van der Waals surface area (Å²) in [6.45, 7) is 2.63. The molecule has 1 aromatic carbocycles. The third-order valence-corrected chi connectivity index (χ3v) is 6.25. The number of halogens is 1. The van der Waals surface area contributed by atoms with E-state index in [1.54, 1.807) is 24.0 Å². The molecule has 2 heterocycles. The Morgan fingerprint density at radius 3 is 2.72 bits per heavy atom. The van der Waals surface area contributed by atoms with Crippen molar-refractivity contribution >= 4 is 27.3 Å². The van der Waals surface area contributed by atoms with Crippen LogP contribution in [-0.2, 0) is 10.0 Å². The van der Waals surface area contributed by atoms with Crippen molar-refractivity contribution in [3.05, 3.63) is 40.7 Å². The minimum Gasteiger partial charge on any atom is -0.338 e. The number of likely N-dealkylation sites (tertiary alicyclic amines) is 1. The summed E-state index contributed by atoms with van der Waals surface area (Å²) in [5.41, 5.74) is 1.37. The minimum absolute atomic E-state index is 0.112. The summed E-state index contributed by atoms with van der Waals surface area (Å²) in [6, 6.07) is 5.96. The van der Waals surface area contributed by atoms with Crippen LogP contribution < -0.4 is 5.14 Å². The van der Waals surface area contributed by atoms with E-state index < -0.39 is 10.0 Å². The second-order valence-corrected chi connectivity index (χ2v) is 8.83. The Labute approximate surface area is 149 Å². The molecule has 9 heteroatoms. The SMILES string of the molecule is Cc1nc(-c2ccc(F)cc2)sc1C(=O)N1CCC(CS(N)(=O)=O)C1. The van der Waals surface area contributed by atoms with Gasteiger partial charge in [-0.25, -0.2) is 22.9 Å². The van der Waals surface area contributed by atoms with Crippen LogP contribution in [0.5, 0.6) is 0 Å². The maximum atomic E-state index is 13.0. The van der Waals surface area contributed by atoms with Crippen LogP contribution in [-0.4, -0.2) is 43.1 Å². The van der Waals surface area contributed by atoms with Crippen molar-refractivity contribution in [2.24, 2.45) is 11.1 Å². The lowest BCUT2D eigenvalue weighted by Gasteiger charge is -2.15. The molecule has 1 aromatic heterocycles. The van der Waals surface area contributed by atoms with Gasteiger partial charge in [0.2, 0.25) is 10.0 Å². The van der Waals surface area contributed by atoms with Crippen LogP contribution in [0.25, 0.3) is 10.6 Å². The largest absolute Gasteiger partial charge is 0.338 e. The first-order valence-corrected chi connectivity index (χ1v) is 10.3. The van der Waals surface area contributed by atoms with Gasteiger partial charge < -0.3 is 4.90 Å². The van der Waals surface area contributed by atoms with Crippen molar-refractivity contribution in [3.8, 4) is 10.6 Å². The van der Waals surface area contributed by atoms with Gasteiger partial charge in [-0.3, -0.25) is 4.79 Å². The number of nitrogens with zero attached hydrogens (tertiary/aromatic N) is 2. The molecule has 1 amide bonds. The molecule has 1 atom stereocenters. The van der Waals surface area contributed by atoms with Crippen LogP contribution >= 0.6 is 11.3 Å². The number of aromatic nitrogens is 1. The molecule has 1 unspecified atom stereocenters. The average Bonchev–Trinajstić information content (AvgIpc) is 3.12. The van der Waals surface area contributed by atoms with Crippen LogP contribution in [0.2, 0.25) is 0 Å². The molecule has 0 bridgehead atoms. The Kier molecular flexibility index (Phi) is 4.90. The van der Waals surface area contributed by atoms with Crippen molar-refractivity contribution in [2.45, 2.75) is 13.3 Å². The summed E-state index contributed by atoms with van der Waals surface area (Å²) < 4.78 is 35.5. The highest BCUT2D eigenvalue weighted by atomic mass is 32.2. The summed E-state index contributed by atoms with van der Waals surface area (Å²) in [5, 5.41) is 5.74. The van der Waals surface area contributed by atoms with Gasteiger partial charge >= 0.3 is 0 Å². The van der Waals surface area contributed by atoms with E-state index in [-0.39, 0.29) is 23.4 Å². The van der Waals surface area contributed by atoms with E-state index in [0.29, 0.717) is 35.1 Å². The van der Waals surface area contributed by atoms with Gasteiger partial charge in [-0.05, 0) is 43.5 Å². The molecule has 1 aliphatic rings. The number of sulfonamides is 1. The number of hydrogen-bond donors (Lipinski definition) is 1. The first-order valence-electron chi connectivity index (χ1n) is 7.76.